The summed E-state index contributed by atoms with van der Waals surface area (Å²) < 4.78 is 4.64. The zero-order chi connectivity index (χ0) is 17.8. The Bertz CT molecular complexity index is 403. The third-order valence-electron chi connectivity index (χ3n) is 1.83. The number of carbonyl (C=O) groups excluding carboxylic acids is 3. The molecule has 1 heterocycles. The van der Waals surface area contributed by atoms with E-state index in [1.54, 1.807) is 6.92 Å². The molecule has 22 heavy (non-hydrogen) atoms. The molecule has 1 saturated heterocycles. The highest BCUT2D eigenvalue weighted by Gasteiger charge is 2.30. The molecule has 0 aliphatic carbocycles. The fourth-order valence-corrected chi connectivity index (χ4v) is 1.07. The zero-order valence-electron chi connectivity index (χ0n) is 13.6. The Balaban J connectivity index is 0. The van der Waals surface area contributed by atoms with Crippen LogP contribution in [-0.2, 0) is 19.2 Å². The lowest BCUT2D eigenvalue weighted by molar-refractivity contribution is -0.137. The monoisotopic (exact) mass is 319 g/mol. The van der Waals surface area contributed by atoms with Gasteiger partial charge in [-0.15, -0.1) is 0 Å². The van der Waals surface area contributed by atoms with Crippen LogP contribution in [0.3, 0.4) is 0 Å². The maximum absolute atomic E-state index is 10.6. The van der Waals surface area contributed by atoms with E-state index in [4.69, 9.17) is 10.0 Å². The first kappa shape index (κ1) is 22.2. The molecule has 1 aliphatic rings. The van der Waals surface area contributed by atoms with E-state index in [1.165, 1.54) is 11.6 Å². The molecular weight excluding hydrogens is 294 g/mol. The van der Waals surface area contributed by atoms with Crippen molar-refractivity contribution in [1.29, 1.82) is 0 Å². The van der Waals surface area contributed by atoms with Crippen LogP contribution >= 0.6 is 0 Å². The lowest BCUT2D eigenvalue weighted by Crippen LogP contribution is -2.25. The molecule has 0 aromatic heterocycles. The molecule has 0 bridgehead atoms. The fourth-order valence-electron chi connectivity index (χ4n) is 1.07. The summed E-state index contributed by atoms with van der Waals surface area (Å²) >= 11 is 0. The van der Waals surface area contributed by atoms with Crippen LogP contribution in [-0.4, -0.2) is 35.3 Å². The number of allylic oxidation sites excluding steroid dienone is 1. The summed E-state index contributed by atoms with van der Waals surface area (Å²) in [4.78, 5) is 35.1. The molecule has 0 saturated carbocycles. The van der Waals surface area contributed by atoms with Crippen molar-refractivity contribution in [3.05, 3.63) is 11.6 Å². The minimum absolute atomic E-state index is 0.0324. The second kappa shape index (κ2) is 11.5. The zero-order valence-corrected chi connectivity index (χ0v) is 13.6. The maximum Gasteiger partial charge on any atom is 0.335 e. The van der Waals surface area contributed by atoms with Crippen LogP contribution in [0.15, 0.2) is 11.6 Å². The highest BCUT2D eigenvalue weighted by atomic mass is 16.7. The van der Waals surface area contributed by atoms with Crippen LogP contribution in [0.4, 0.5) is 4.79 Å². The van der Waals surface area contributed by atoms with Crippen LogP contribution in [0, 0.1) is 0 Å². The first-order chi connectivity index (χ1) is 10.0. The van der Waals surface area contributed by atoms with Gasteiger partial charge in [-0.1, -0.05) is 5.57 Å². The maximum atomic E-state index is 10.6. The van der Waals surface area contributed by atoms with E-state index in [0.717, 1.165) is 5.57 Å². The summed E-state index contributed by atoms with van der Waals surface area (Å²) in [5, 5.41) is 7.42. The van der Waals surface area contributed by atoms with Gasteiger partial charge in [0, 0.05) is 6.08 Å². The number of amides is 3. The summed E-state index contributed by atoms with van der Waals surface area (Å²) in [5.74, 6) is -0.285. The SMILES string of the molecule is CC1(C)CC(=O)NO1.CCOC(=O)C=C(C)C.NC(=O)NO. The topological polar surface area (TPSA) is 140 Å². The third kappa shape index (κ3) is 15.9. The number of hydroxylamine groups is 2. The molecule has 0 aromatic carbocycles. The Hall–Kier alpha value is -2.13. The van der Waals surface area contributed by atoms with Crippen molar-refractivity contribution in [2.75, 3.05) is 6.61 Å². The van der Waals surface area contributed by atoms with Crippen molar-refractivity contribution in [1.82, 2.24) is 11.0 Å². The van der Waals surface area contributed by atoms with Crippen molar-refractivity contribution >= 4 is 17.9 Å². The quantitative estimate of drug-likeness (QED) is 0.256. The molecule has 5 N–H and O–H groups in total. The number of carbonyl (C=O) groups is 3. The number of esters is 1. The van der Waals surface area contributed by atoms with Gasteiger partial charge in [0.1, 0.15) is 0 Å². The van der Waals surface area contributed by atoms with Crippen molar-refractivity contribution in [2.45, 2.75) is 46.6 Å². The predicted molar refractivity (Wildman–Crippen MR) is 78.5 cm³/mol. The highest BCUT2D eigenvalue weighted by Crippen LogP contribution is 2.17. The van der Waals surface area contributed by atoms with Gasteiger partial charge in [-0.25, -0.2) is 20.5 Å². The molecule has 0 atom stereocenters. The molecular formula is C13H25N3O6. The number of urea groups is 1. The van der Waals surface area contributed by atoms with E-state index >= 15 is 0 Å². The first-order valence-electron chi connectivity index (χ1n) is 6.52. The lowest BCUT2D eigenvalue weighted by Gasteiger charge is -2.10. The largest absolute Gasteiger partial charge is 0.463 e. The molecule has 1 rings (SSSR count). The number of ether oxygens (including phenoxy) is 1. The summed E-state index contributed by atoms with van der Waals surface area (Å²) in [5.41, 5.74) is 8.40. The van der Waals surface area contributed by atoms with E-state index in [2.05, 4.69) is 16.0 Å². The van der Waals surface area contributed by atoms with Crippen LogP contribution in [0.5, 0.6) is 0 Å². The lowest BCUT2D eigenvalue weighted by atomic mass is 10.1. The van der Waals surface area contributed by atoms with Gasteiger partial charge in [-0.2, -0.15) is 0 Å². The highest BCUT2D eigenvalue weighted by molar-refractivity contribution is 5.82. The third-order valence-corrected chi connectivity index (χ3v) is 1.83. The van der Waals surface area contributed by atoms with E-state index in [0.29, 0.717) is 13.0 Å². The minimum Gasteiger partial charge on any atom is -0.463 e. The van der Waals surface area contributed by atoms with E-state index in [1.807, 2.05) is 27.7 Å². The average Bonchev–Trinajstić information content (AvgIpc) is 2.68. The molecule has 3 amide bonds. The molecule has 9 heteroatoms. The fraction of sp³-hybridized carbons (Fsp3) is 0.615. The van der Waals surface area contributed by atoms with Crippen molar-refractivity contribution < 1.29 is 29.2 Å². The van der Waals surface area contributed by atoms with Crippen LogP contribution in [0.1, 0.15) is 41.0 Å². The van der Waals surface area contributed by atoms with Gasteiger partial charge in [0.25, 0.3) is 0 Å². The number of hydrogen-bond acceptors (Lipinski definition) is 6. The molecule has 0 unspecified atom stereocenters. The normalized spacial score (nSPS) is 14.2. The predicted octanol–water partition coefficient (Wildman–Crippen LogP) is 0.776. The van der Waals surface area contributed by atoms with Crippen LogP contribution < -0.4 is 16.7 Å². The summed E-state index contributed by atoms with van der Waals surface area (Å²) in [6, 6.07) is -0.940. The first-order valence-corrected chi connectivity index (χ1v) is 6.52. The van der Waals surface area contributed by atoms with Gasteiger partial charge in [0.15, 0.2) is 0 Å². The Morgan fingerprint density at radius 1 is 1.50 bits per heavy atom. The Morgan fingerprint density at radius 2 is 2.00 bits per heavy atom. The van der Waals surface area contributed by atoms with Gasteiger partial charge < -0.3 is 10.5 Å². The number of nitrogens with two attached hydrogens (primary N) is 1. The van der Waals surface area contributed by atoms with E-state index in [9.17, 15) is 14.4 Å². The second-order valence-corrected chi connectivity index (χ2v) is 5.01. The van der Waals surface area contributed by atoms with Crippen molar-refractivity contribution in [2.24, 2.45) is 5.73 Å². The number of hydrogen-bond donors (Lipinski definition) is 4. The Kier molecular flexibility index (Phi) is 11.6. The summed E-state index contributed by atoms with van der Waals surface area (Å²) in [7, 11) is 0. The van der Waals surface area contributed by atoms with Crippen molar-refractivity contribution in [3.8, 4) is 0 Å². The standard InChI is InChI=1S/C7H12O2.C5H9NO2.CH4N2O2/c1-4-9-7(8)5-6(2)3;1-5(2)3-4(7)6-8-5;2-1(4)3-5/h5H,4H2,1-3H3;3H2,1-2H3,(H,6,7);5H,(H3,2,3,4). The van der Waals surface area contributed by atoms with Gasteiger partial charge in [-0.05, 0) is 34.6 Å². The van der Waals surface area contributed by atoms with E-state index < -0.39 is 6.03 Å². The average molecular weight is 319 g/mol. The molecule has 1 aliphatic heterocycles. The molecule has 0 radical (unpaired) electrons. The number of primary amides is 1. The van der Waals surface area contributed by atoms with Gasteiger partial charge >= 0.3 is 12.0 Å². The number of nitrogens with one attached hydrogen (secondary N) is 2. The van der Waals surface area contributed by atoms with Gasteiger partial charge in [-0.3, -0.25) is 14.8 Å². The molecule has 0 spiro atoms. The molecule has 0 aromatic rings. The van der Waals surface area contributed by atoms with E-state index in [-0.39, 0.29) is 17.5 Å². The van der Waals surface area contributed by atoms with Crippen LogP contribution in [0.25, 0.3) is 0 Å². The molecule has 9 nitrogen and oxygen atoms in total. The Labute approximate surface area is 129 Å². The summed E-state index contributed by atoms with van der Waals surface area (Å²) in [6.07, 6.45) is 1.94. The molecule has 1 fully saturated rings. The smallest absolute Gasteiger partial charge is 0.335 e. The number of rotatable bonds is 2. The van der Waals surface area contributed by atoms with Gasteiger partial charge in [0.2, 0.25) is 5.91 Å². The second-order valence-electron chi connectivity index (χ2n) is 5.01. The minimum atomic E-state index is -0.940. The molecule has 128 valence electrons. The summed E-state index contributed by atoms with van der Waals surface area (Å²) in [6.45, 7) is 9.68. The van der Waals surface area contributed by atoms with Gasteiger partial charge in [0.05, 0.1) is 18.6 Å². The Morgan fingerprint density at radius 3 is 2.18 bits per heavy atom. The van der Waals surface area contributed by atoms with Crippen LogP contribution in [0.2, 0.25) is 0 Å². The van der Waals surface area contributed by atoms with Crippen molar-refractivity contribution in [3.63, 3.8) is 0 Å².